The molecule has 0 bridgehead atoms. The Hall–Kier alpha value is -1.14. The number of hydrogen-bond donors (Lipinski definition) is 2. The van der Waals surface area contributed by atoms with Crippen LogP contribution < -0.4 is 10.6 Å². The minimum atomic E-state index is -0.0292. The predicted molar refractivity (Wildman–Crippen MR) is 86.6 cm³/mol. The molecule has 5 nitrogen and oxygen atoms in total. The van der Waals surface area contributed by atoms with Gasteiger partial charge >= 0.3 is 0 Å². The van der Waals surface area contributed by atoms with E-state index < -0.39 is 0 Å². The maximum Gasteiger partial charge on any atom is 0.255 e. The molecule has 2 aliphatic heterocycles. The van der Waals surface area contributed by atoms with Gasteiger partial charge in [0, 0.05) is 35.8 Å². The Balaban J connectivity index is 1.74. The average Bonchev–Trinajstić information content (AvgIpc) is 3.06. The van der Waals surface area contributed by atoms with Crippen molar-refractivity contribution in [2.24, 2.45) is 0 Å². The fraction of sp³-hybridized carbons (Fsp3) is 0.600. The second-order valence-electron chi connectivity index (χ2n) is 5.69. The lowest BCUT2D eigenvalue weighted by Crippen LogP contribution is -2.42. The number of hydrogen-bond acceptors (Lipinski definition) is 4. The molecule has 3 heterocycles. The van der Waals surface area contributed by atoms with Crippen LogP contribution in [0.4, 0.5) is 5.82 Å². The van der Waals surface area contributed by atoms with Gasteiger partial charge in [-0.3, -0.25) is 9.69 Å². The van der Waals surface area contributed by atoms with Crippen molar-refractivity contribution in [3.63, 3.8) is 0 Å². The van der Waals surface area contributed by atoms with E-state index in [1.54, 1.807) is 6.20 Å². The van der Waals surface area contributed by atoms with Crippen molar-refractivity contribution in [2.45, 2.75) is 38.3 Å². The molecule has 2 unspecified atom stereocenters. The van der Waals surface area contributed by atoms with E-state index in [0.717, 1.165) is 24.0 Å². The van der Waals surface area contributed by atoms with Crippen molar-refractivity contribution < 1.29 is 4.79 Å². The molecular formula is C15H21BrN4O. The predicted octanol–water partition coefficient (Wildman–Crippen LogP) is 2.24. The lowest BCUT2D eigenvalue weighted by molar-refractivity contribution is 0.0930. The van der Waals surface area contributed by atoms with E-state index in [4.69, 9.17) is 0 Å². The normalized spacial score (nSPS) is 24.9. The minimum Gasteiger partial charge on any atom is -0.370 e. The summed E-state index contributed by atoms with van der Waals surface area (Å²) in [7, 11) is 0. The smallest absolute Gasteiger partial charge is 0.255 e. The zero-order chi connectivity index (χ0) is 14.8. The van der Waals surface area contributed by atoms with Crippen LogP contribution in [0.5, 0.6) is 0 Å². The second-order valence-corrected chi connectivity index (χ2v) is 6.61. The van der Waals surface area contributed by atoms with Gasteiger partial charge in [0.25, 0.3) is 5.91 Å². The van der Waals surface area contributed by atoms with Gasteiger partial charge in [-0.15, -0.1) is 0 Å². The van der Waals surface area contributed by atoms with E-state index >= 15 is 0 Å². The number of amides is 1. The summed E-state index contributed by atoms with van der Waals surface area (Å²) in [4.78, 5) is 19.4. The number of halogens is 1. The number of carbonyl (C=O) groups excluding carboxylic acids is 1. The van der Waals surface area contributed by atoms with Gasteiger partial charge in [-0.25, -0.2) is 4.98 Å². The number of pyridine rings is 1. The number of carbonyl (C=O) groups is 1. The SMILES string of the molecule is CCNc1ncc(Br)cc1C(=O)NC1CCN2CCCC12. The highest BCUT2D eigenvalue weighted by Gasteiger charge is 2.38. The van der Waals surface area contributed by atoms with Gasteiger partial charge in [0.1, 0.15) is 5.82 Å². The van der Waals surface area contributed by atoms with Crippen LogP contribution in [0.15, 0.2) is 16.7 Å². The zero-order valence-electron chi connectivity index (χ0n) is 12.2. The summed E-state index contributed by atoms with van der Waals surface area (Å²) in [5, 5.41) is 6.36. The topological polar surface area (TPSA) is 57.3 Å². The first-order valence-corrected chi connectivity index (χ1v) is 8.42. The zero-order valence-corrected chi connectivity index (χ0v) is 13.8. The van der Waals surface area contributed by atoms with Gasteiger partial charge in [-0.2, -0.15) is 0 Å². The molecule has 0 saturated carbocycles. The summed E-state index contributed by atoms with van der Waals surface area (Å²) in [6.07, 6.45) is 5.21. The molecule has 0 aliphatic carbocycles. The van der Waals surface area contributed by atoms with Crippen LogP contribution in [0.3, 0.4) is 0 Å². The average molecular weight is 353 g/mol. The van der Waals surface area contributed by atoms with Crippen molar-refractivity contribution in [3.8, 4) is 0 Å². The van der Waals surface area contributed by atoms with Crippen LogP contribution in [-0.2, 0) is 0 Å². The summed E-state index contributed by atoms with van der Waals surface area (Å²) in [6.45, 7) is 5.03. The van der Waals surface area contributed by atoms with Crippen LogP contribution in [0.2, 0.25) is 0 Å². The molecule has 114 valence electrons. The Kier molecular flexibility index (Phi) is 4.45. The van der Waals surface area contributed by atoms with Gasteiger partial charge < -0.3 is 10.6 Å². The van der Waals surface area contributed by atoms with Gasteiger partial charge in [-0.1, -0.05) is 0 Å². The molecule has 3 rings (SSSR count). The number of aromatic nitrogens is 1. The van der Waals surface area contributed by atoms with Gasteiger partial charge in [-0.05, 0) is 54.7 Å². The Morgan fingerprint density at radius 1 is 1.48 bits per heavy atom. The van der Waals surface area contributed by atoms with Crippen LogP contribution in [-0.4, -0.2) is 47.5 Å². The first kappa shape index (κ1) is 14.8. The Bertz CT molecular complexity index is 536. The third-order valence-electron chi connectivity index (χ3n) is 4.37. The van der Waals surface area contributed by atoms with Crippen molar-refractivity contribution in [2.75, 3.05) is 25.0 Å². The van der Waals surface area contributed by atoms with E-state index in [1.807, 2.05) is 13.0 Å². The van der Waals surface area contributed by atoms with Gasteiger partial charge in [0.05, 0.1) is 5.56 Å². The van der Waals surface area contributed by atoms with Crippen molar-refractivity contribution in [3.05, 3.63) is 22.3 Å². The van der Waals surface area contributed by atoms with E-state index in [0.29, 0.717) is 17.4 Å². The molecule has 21 heavy (non-hydrogen) atoms. The standard InChI is InChI=1S/C15H21BrN4O/c1-2-17-14-11(8-10(16)9-18-14)15(21)19-12-5-7-20-6-3-4-13(12)20/h8-9,12-13H,2-7H2,1H3,(H,17,18)(H,19,21). The molecule has 0 radical (unpaired) electrons. The fourth-order valence-electron chi connectivity index (χ4n) is 3.42. The maximum atomic E-state index is 12.6. The quantitative estimate of drug-likeness (QED) is 0.872. The van der Waals surface area contributed by atoms with E-state index in [-0.39, 0.29) is 11.9 Å². The summed E-state index contributed by atoms with van der Waals surface area (Å²) in [5.74, 6) is 0.623. The van der Waals surface area contributed by atoms with Crippen LogP contribution in [0.1, 0.15) is 36.5 Å². The molecule has 1 aromatic rings. The molecule has 2 fully saturated rings. The number of nitrogens with one attached hydrogen (secondary N) is 2. The first-order valence-electron chi connectivity index (χ1n) is 7.63. The second kappa shape index (κ2) is 6.32. The highest BCUT2D eigenvalue weighted by molar-refractivity contribution is 9.10. The van der Waals surface area contributed by atoms with Gasteiger partial charge in [0.2, 0.25) is 0 Å². The fourth-order valence-corrected chi connectivity index (χ4v) is 3.75. The van der Waals surface area contributed by atoms with Crippen LogP contribution >= 0.6 is 15.9 Å². The van der Waals surface area contributed by atoms with E-state index in [9.17, 15) is 4.79 Å². The van der Waals surface area contributed by atoms with E-state index in [1.165, 1.54) is 19.4 Å². The summed E-state index contributed by atoms with van der Waals surface area (Å²) < 4.78 is 0.822. The first-order chi connectivity index (χ1) is 10.2. The largest absolute Gasteiger partial charge is 0.370 e. The monoisotopic (exact) mass is 352 g/mol. The molecule has 2 saturated heterocycles. The molecule has 1 amide bonds. The molecular weight excluding hydrogens is 332 g/mol. The van der Waals surface area contributed by atoms with Crippen molar-refractivity contribution >= 4 is 27.7 Å². The number of fused-ring (bicyclic) bond motifs is 1. The lowest BCUT2D eigenvalue weighted by Gasteiger charge is -2.21. The summed E-state index contributed by atoms with van der Waals surface area (Å²) in [5.41, 5.74) is 0.614. The van der Waals surface area contributed by atoms with Gasteiger partial charge in [0.15, 0.2) is 0 Å². The van der Waals surface area contributed by atoms with Crippen molar-refractivity contribution in [1.29, 1.82) is 0 Å². The Labute approximate surface area is 133 Å². The van der Waals surface area contributed by atoms with Crippen LogP contribution in [0, 0.1) is 0 Å². The molecule has 2 N–H and O–H groups in total. The number of anilines is 1. The highest BCUT2D eigenvalue weighted by Crippen LogP contribution is 2.28. The number of rotatable bonds is 4. The third-order valence-corrected chi connectivity index (χ3v) is 4.80. The number of nitrogens with zero attached hydrogens (tertiary/aromatic N) is 2. The molecule has 0 aromatic carbocycles. The Morgan fingerprint density at radius 2 is 2.33 bits per heavy atom. The van der Waals surface area contributed by atoms with Crippen LogP contribution in [0.25, 0.3) is 0 Å². The summed E-state index contributed by atoms with van der Waals surface area (Å²) >= 11 is 3.40. The molecule has 2 aliphatic rings. The molecule has 0 spiro atoms. The third kappa shape index (κ3) is 3.06. The van der Waals surface area contributed by atoms with Crippen molar-refractivity contribution in [1.82, 2.24) is 15.2 Å². The highest BCUT2D eigenvalue weighted by atomic mass is 79.9. The van der Waals surface area contributed by atoms with E-state index in [2.05, 4.69) is 36.4 Å². The molecule has 1 aromatic heterocycles. The molecule has 6 heteroatoms. The lowest BCUT2D eigenvalue weighted by atomic mass is 10.1. The maximum absolute atomic E-state index is 12.6. The summed E-state index contributed by atoms with van der Waals surface area (Å²) in [6, 6.07) is 2.63. The Morgan fingerprint density at radius 3 is 3.14 bits per heavy atom. The molecule has 2 atom stereocenters. The minimum absolute atomic E-state index is 0.0292.